The van der Waals surface area contributed by atoms with Crippen molar-refractivity contribution in [2.24, 2.45) is 0 Å². The molecule has 0 saturated carbocycles. The van der Waals surface area contributed by atoms with Gasteiger partial charge in [-0.25, -0.2) is 0 Å². The first-order valence-corrected chi connectivity index (χ1v) is 5.93. The summed E-state index contributed by atoms with van der Waals surface area (Å²) >= 11 is 0. The Labute approximate surface area is 107 Å². The van der Waals surface area contributed by atoms with E-state index in [4.69, 9.17) is 15.2 Å². The summed E-state index contributed by atoms with van der Waals surface area (Å²) in [6.07, 6.45) is 0.977. The molecule has 2 N–H and O–H groups in total. The van der Waals surface area contributed by atoms with Crippen LogP contribution in [-0.2, 0) is 6.42 Å². The number of aryl methyl sites for hydroxylation is 1. The van der Waals surface area contributed by atoms with Crippen LogP contribution >= 0.6 is 0 Å². The van der Waals surface area contributed by atoms with Gasteiger partial charge in [0.25, 0.3) is 0 Å². The van der Waals surface area contributed by atoms with Gasteiger partial charge in [0.2, 0.25) is 0 Å². The summed E-state index contributed by atoms with van der Waals surface area (Å²) in [7, 11) is 1.62. The minimum atomic E-state index is 0.595. The molecular formula is C15H17NO2. The van der Waals surface area contributed by atoms with Crippen LogP contribution in [0.15, 0.2) is 42.5 Å². The highest BCUT2D eigenvalue weighted by atomic mass is 16.5. The number of methoxy groups -OCH3 is 1. The molecule has 2 aromatic rings. The number of nitrogens with two attached hydrogens (primary N) is 1. The summed E-state index contributed by atoms with van der Waals surface area (Å²) in [5.41, 5.74) is 7.71. The Hall–Kier alpha value is -2.16. The van der Waals surface area contributed by atoms with Crippen LogP contribution in [0.25, 0.3) is 0 Å². The number of nitrogen functional groups attached to an aromatic ring is 1. The third kappa shape index (κ3) is 2.74. The van der Waals surface area contributed by atoms with Crippen LogP contribution < -0.4 is 15.2 Å². The molecule has 0 bridgehead atoms. The van der Waals surface area contributed by atoms with Crippen LogP contribution in [0.2, 0.25) is 0 Å². The Morgan fingerprint density at radius 3 is 2.61 bits per heavy atom. The van der Waals surface area contributed by atoms with Crippen molar-refractivity contribution < 1.29 is 9.47 Å². The molecule has 0 radical (unpaired) electrons. The fraction of sp³-hybridized carbons (Fsp3) is 0.200. The molecule has 0 aromatic heterocycles. The third-order valence-electron chi connectivity index (χ3n) is 2.76. The molecule has 2 rings (SSSR count). The lowest BCUT2D eigenvalue weighted by Gasteiger charge is -2.10. The topological polar surface area (TPSA) is 44.5 Å². The number of benzene rings is 2. The maximum Gasteiger partial charge on any atom is 0.153 e. The Kier molecular flexibility index (Phi) is 3.72. The maximum absolute atomic E-state index is 5.88. The van der Waals surface area contributed by atoms with Crippen LogP contribution in [0, 0.1) is 0 Å². The zero-order valence-electron chi connectivity index (χ0n) is 10.6. The lowest BCUT2D eigenvalue weighted by molar-refractivity contribution is 0.409. The second-order valence-electron chi connectivity index (χ2n) is 4.01. The van der Waals surface area contributed by atoms with Crippen LogP contribution in [0.4, 0.5) is 5.69 Å². The molecule has 0 aliphatic heterocycles. The van der Waals surface area contributed by atoms with Crippen molar-refractivity contribution >= 4 is 5.69 Å². The van der Waals surface area contributed by atoms with Crippen LogP contribution in [0.5, 0.6) is 17.2 Å². The highest BCUT2D eigenvalue weighted by molar-refractivity contribution is 5.57. The largest absolute Gasteiger partial charge is 0.497 e. The molecule has 0 spiro atoms. The van der Waals surface area contributed by atoms with Crippen LogP contribution in [0.1, 0.15) is 12.5 Å². The van der Waals surface area contributed by atoms with Crippen molar-refractivity contribution in [3.63, 3.8) is 0 Å². The number of hydrogen-bond donors (Lipinski definition) is 1. The van der Waals surface area contributed by atoms with Crippen molar-refractivity contribution in [3.05, 3.63) is 48.0 Å². The average Bonchev–Trinajstić information content (AvgIpc) is 2.41. The molecule has 0 heterocycles. The van der Waals surface area contributed by atoms with Crippen LogP contribution in [-0.4, -0.2) is 7.11 Å². The van der Waals surface area contributed by atoms with Gasteiger partial charge in [0, 0.05) is 6.07 Å². The molecule has 94 valence electrons. The maximum atomic E-state index is 5.88. The predicted octanol–water partition coefficient (Wildman–Crippen LogP) is 3.63. The van der Waals surface area contributed by atoms with E-state index in [-0.39, 0.29) is 0 Å². The number of rotatable bonds is 4. The van der Waals surface area contributed by atoms with Gasteiger partial charge in [-0.2, -0.15) is 0 Å². The minimum absolute atomic E-state index is 0.595. The van der Waals surface area contributed by atoms with Gasteiger partial charge in [0.1, 0.15) is 11.5 Å². The van der Waals surface area contributed by atoms with Crippen LogP contribution in [0.3, 0.4) is 0 Å². The van der Waals surface area contributed by atoms with Gasteiger partial charge in [0.15, 0.2) is 5.75 Å². The van der Waals surface area contributed by atoms with Crippen molar-refractivity contribution in [2.45, 2.75) is 13.3 Å². The molecule has 0 saturated heterocycles. The van der Waals surface area contributed by atoms with Gasteiger partial charge >= 0.3 is 0 Å². The quantitative estimate of drug-likeness (QED) is 0.834. The van der Waals surface area contributed by atoms with Gasteiger partial charge < -0.3 is 15.2 Å². The molecule has 0 fully saturated rings. The highest BCUT2D eigenvalue weighted by Crippen LogP contribution is 2.31. The second-order valence-corrected chi connectivity index (χ2v) is 4.01. The van der Waals surface area contributed by atoms with Crippen molar-refractivity contribution in [1.82, 2.24) is 0 Å². The Morgan fingerprint density at radius 1 is 1.06 bits per heavy atom. The normalized spacial score (nSPS) is 10.1. The van der Waals surface area contributed by atoms with E-state index in [1.807, 2.05) is 24.3 Å². The molecule has 18 heavy (non-hydrogen) atoms. The first-order chi connectivity index (χ1) is 8.72. The molecule has 3 nitrogen and oxygen atoms in total. The monoisotopic (exact) mass is 243 g/mol. The van der Waals surface area contributed by atoms with Crippen molar-refractivity contribution in [1.29, 1.82) is 0 Å². The average molecular weight is 243 g/mol. The Morgan fingerprint density at radius 2 is 1.89 bits per heavy atom. The predicted molar refractivity (Wildman–Crippen MR) is 73.3 cm³/mol. The van der Waals surface area contributed by atoms with E-state index in [9.17, 15) is 0 Å². The van der Waals surface area contributed by atoms with Gasteiger partial charge in [-0.05, 0) is 36.2 Å². The van der Waals surface area contributed by atoms with Gasteiger partial charge in [-0.1, -0.05) is 19.1 Å². The van der Waals surface area contributed by atoms with Crippen molar-refractivity contribution in [3.8, 4) is 17.2 Å². The first kappa shape index (κ1) is 12.3. The van der Waals surface area contributed by atoms with E-state index in [1.54, 1.807) is 19.2 Å². The lowest BCUT2D eigenvalue weighted by atomic mass is 10.2. The summed E-state index contributed by atoms with van der Waals surface area (Å²) < 4.78 is 10.9. The summed E-state index contributed by atoms with van der Waals surface area (Å²) in [6, 6.07) is 13.3. The zero-order chi connectivity index (χ0) is 13.0. The standard InChI is InChI=1S/C15H17NO2/c1-3-11-5-4-6-13(9-11)18-15-10-12(17-2)7-8-14(15)16/h4-10H,3,16H2,1-2H3. The summed E-state index contributed by atoms with van der Waals surface area (Å²) in [5, 5.41) is 0. The highest BCUT2D eigenvalue weighted by Gasteiger charge is 2.04. The van der Waals surface area contributed by atoms with E-state index in [1.165, 1.54) is 5.56 Å². The molecule has 0 unspecified atom stereocenters. The first-order valence-electron chi connectivity index (χ1n) is 5.93. The second kappa shape index (κ2) is 5.45. The molecular weight excluding hydrogens is 226 g/mol. The van der Waals surface area contributed by atoms with Gasteiger partial charge in [-0.3, -0.25) is 0 Å². The van der Waals surface area contributed by atoms with E-state index in [0.29, 0.717) is 11.4 Å². The SMILES string of the molecule is CCc1cccc(Oc2cc(OC)ccc2N)c1. The summed E-state index contributed by atoms with van der Waals surface area (Å²) in [6.45, 7) is 2.11. The molecule has 0 atom stereocenters. The zero-order valence-corrected chi connectivity index (χ0v) is 10.6. The van der Waals surface area contributed by atoms with Gasteiger partial charge in [-0.15, -0.1) is 0 Å². The number of anilines is 1. The number of ether oxygens (including phenoxy) is 2. The van der Waals surface area contributed by atoms with E-state index >= 15 is 0 Å². The molecule has 3 heteroatoms. The molecule has 0 aliphatic carbocycles. The Bertz CT molecular complexity index is 538. The van der Waals surface area contributed by atoms with E-state index < -0.39 is 0 Å². The summed E-state index contributed by atoms with van der Waals surface area (Å²) in [4.78, 5) is 0. The third-order valence-corrected chi connectivity index (χ3v) is 2.76. The fourth-order valence-corrected chi connectivity index (χ4v) is 1.69. The van der Waals surface area contributed by atoms with Gasteiger partial charge in [0.05, 0.1) is 12.8 Å². The molecule has 2 aromatic carbocycles. The molecule has 0 amide bonds. The lowest BCUT2D eigenvalue weighted by Crippen LogP contribution is -1.93. The van der Waals surface area contributed by atoms with E-state index in [0.717, 1.165) is 17.9 Å². The summed E-state index contributed by atoms with van der Waals surface area (Å²) in [5.74, 6) is 2.13. The van der Waals surface area contributed by atoms with E-state index in [2.05, 4.69) is 13.0 Å². The smallest absolute Gasteiger partial charge is 0.153 e. The Balaban J connectivity index is 2.27. The van der Waals surface area contributed by atoms with Crippen molar-refractivity contribution in [2.75, 3.05) is 12.8 Å². The molecule has 0 aliphatic rings. The number of hydrogen-bond acceptors (Lipinski definition) is 3. The fourth-order valence-electron chi connectivity index (χ4n) is 1.69. The minimum Gasteiger partial charge on any atom is -0.497 e.